The third kappa shape index (κ3) is 5.43. The Morgan fingerprint density at radius 1 is 1.38 bits per heavy atom. The number of nitrogens with one attached hydrogen (secondary N) is 1. The molecule has 1 aromatic carbocycles. The molecule has 1 amide bonds. The van der Waals surface area contributed by atoms with Crippen LogP contribution >= 0.6 is 0 Å². The van der Waals surface area contributed by atoms with Crippen LogP contribution in [0, 0.1) is 16.0 Å². The average molecular weight is 292 g/mol. The quantitative estimate of drug-likeness (QED) is 0.452. The van der Waals surface area contributed by atoms with Crippen LogP contribution in [0.2, 0.25) is 0 Å². The third-order valence-corrected chi connectivity index (χ3v) is 2.90. The number of nitro groups is 1. The maximum absolute atomic E-state index is 11.5. The number of carbonyl (C=O) groups is 2. The lowest BCUT2D eigenvalue weighted by Crippen LogP contribution is -2.31. The highest BCUT2D eigenvalue weighted by Crippen LogP contribution is 2.12. The van der Waals surface area contributed by atoms with E-state index < -0.39 is 22.7 Å². The Morgan fingerprint density at radius 2 is 2.00 bits per heavy atom. The van der Waals surface area contributed by atoms with E-state index in [0.717, 1.165) is 0 Å². The van der Waals surface area contributed by atoms with Crippen LogP contribution in [-0.2, 0) is 9.59 Å². The normalized spacial score (nSPS) is 12.0. The van der Waals surface area contributed by atoms with Crippen molar-refractivity contribution in [1.82, 2.24) is 5.32 Å². The summed E-state index contributed by atoms with van der Waals surface area (Å²) in [6.45, 7) is 1.80. The molecule has 112 valence electrons. The van der Waals surface area contributed by atoms with Crippen LogP contribution < -0.4 is 5.32 Å². The number of aliphatic carboxylic acids is 1. The van der Waals surface area contributed by atoms with Gasteiger partial charge in [-0.2, -0.15) is 0 Å². The van der Waals surface area contributed by atoms with Crippen LogP contribution in [0.1, 0.15) is 18.9 Å². The van der Waals surface area contributed by atoms with Crippen molar-refractivity contribution in [2.24, 2.45) is 5.92 Å². The van der Waals surface area contributed by atoms with Gasteiger partial charge >= 0.3 is 5.97 Å². The zero-order valence-electron chi connectivity index (χ0n) is 11.5. The topological polar surface area (TPSA) is 110 Å². The van der Waals surface area contributed by atoms with Crippen LogP contribution in [0.5, 0.6) is 0 Å². The molecule has 1 aromatic rings. The molecule has 7 nitrogen and oxygen atoms in total. The largest absolute Gasteiger partial charge is 0.481 e. The van der Waals surface area contributed by atoms with E-state index in [-0.39, 0.29) is 12.2 Å². The summed E-state index contributed by atoms with van der Waals surface area (Å²) in [6, 6.07) is 5.73. The van der Waals surface area contributed by atoms with Crippen LogP contribution in [-0.4, -0.2) is 28.5 Å². The first-order valence-electron chi connectivity index (χ1n) is 6.37. The van der Waals surface area contributed by atoms with Gasteiger partial charge in [0.05, 0.1) is 10.8 Å². The monoisotopic (exact) mass is 292 g/mol. The zero-order valence-corrected chi connectivity index (χ0v) is 11.5. The van der Waals surface area contributed by atoms with Crippen LogP contribution in [0.4, 0.5) is 5.69 Å². The number of carbonyl (C=O) groups excluding carboxylic acids is 1. The van der Waals surface area contributed by atoms with Crippen molar-refractivity contribution in [3.63, 3.8) is 0 Å². The van der Waals surface area contributed by atoms with E-state index in [1.54, 1.807) is 6.92 Å². The highest BCUT2D eigenvalue weighted by molar-refractivity contribution is 5.92. The summed E-state index contributed by atoms with van der Waals surface area (Å²) in [7, 11) is 0. The Bertz CT molecular complexity index is 551. The van der Waals surface area contributed by atoms with E-state index in [2.05, 4.69) is 5.32 Å². The van der Waals surface area contributed by atoms with E-state index in [0.29, 0.717) is 12.0 Å². The first-order valence-corrected chi connectivity index (χ1v) is 6.37. The minimum absolute atomic E-state index is 0.0242. The molecule has 0 fully saturated rings. The lowest BCUT2D eigenvalue weighted by atomic mass is 10.1. The molecular formula is C14H16N2O5. The van der Waals surface area contributed by atoms with Gasteiger partial charge in [-0.15, -0.1) is 0 Å². The molecule has 0 bridgehead atoms. The number of nitro benzene ring substituents is 1. The maximum atomic E-state index is 11.5. The molecule has 0 saturated heterocycles. The minimum atomic E-state index is -0.947. The predicted molar refractivity (Wildman–Crippen MR) is 76.6 cm³/mol. The SMILES string of the molecule is CCC(CNC(=O)C=Cc1ccc([N+](=O)[O-])cc1)C(=O)O. The standard InChI is InChI=1S/C14H16N2O5/c1-2-11(14(18)19)9-15-13(17)8-5-10-3-6-12(7-4-10)16(20)21/h3-8,11H,2,9H2,1H3,(H,15,17)(H,18,19). The van der Waals surface area contributed by atoms with Crippen molar-refractivity contribution in [2.45, 2.75) is 13.3 Å². The molecule has 0 saturated carbocycles. The molecule has 0 aromatic heterocycles. The molecule has 0 aliphatic heterocycles. The lowest BCUT2D eigenvalue weighted by Gasteiger charge is -2.09. The number of nitrogens with zero attached hydrogens (tertiary/aromatic N) is 1. The second-order valence-electron chi connectivity index (χ2n) is 4.37. The highest BCUT2D eigenvalue weighted by Gasteiger charge is 2.14. The molecule has 1 unspecified atom stereocenters. The second kappa shape index (κ2) is 7.78. The smallest absolute Gasteiger partial charge is 0.308 e. The summed E-state index contributed by atoms with van der Waals surface area (Å²) >= 11 is 0. The number of rotatable bonds is 7. The Labute approximate surface area is 121 Å². The van der Waals surface area contributed by atoms with Gasteiger partial charge in [-0.25, -0.2) is 0 Å². The van der Waals surface area contributed by atoms with Gasteiger partial charge in [-0.3, -0.25) is 19.7 Å². The van der Waals surface area contributed by atoms with Gasteiger partial charge in [0.25, 0.3) is 5.69 Å². The molecule has 2 N–H and O–H groups in total. The fraction of sp³-hybridized carbons (Fsp3) is 0.286. The van der Waals surface area contributed by atoms with Crippen molar-refractivity contribution in [3.8, 4) is 0 Å². The average Bonchev–Trinajstić information content (AvgIpc) is 2.45. The first kappa shape index (κ1) is 16.4. The second-order valence-corrected chi connectivity index (χ2v) is 4.37. The van der Waals surface area contributed by atoms with E-state index in [9.17, 15) is 19.7 Å². The number of carboxylic acids is 1. The van der Waals surface area contributed by atoms with E-state index in [1.165, 1.54) is 36.4 Å². The molecule has 0 heterocycles. The fourth-order valence-electron chi connectivity index (χ4n) is 1.57. The van der Waals surface area contributed by atoms with E-state index in [1.807, 2.05) is 0 Å². The van der Waals surface area contributed by atoms with Gasteiger partial charge in [-0.05, 0) is 30.2 Å². The Morgan fingerprint density at radius 3 is 2.48 bits per heavy atom. The highest BCUT2D eigenvalue weighted by atomic mass is 16.6. The van der Waals surface area contributed by atoms with Gasteiger partial charge < -0.3 is 10.4 Å². The Hall–Kier alpha value is -2.70. The molecule has 21 heavy (non-hydrogen) atoms. The summed E-state index contributed by atoms with van der Waals surface area (Å²) < 4.78 is 0. The number of carboxylic acid groups (broad SMARTS) is 1. The van der Waals surface area contributed by atoms with Crippen molar-refractivity contribution in [1.29, 1.82) is 0 Å². The van der Waals surface area contributed by atoms with Crippen molar-refractivity contribution in [3.05, 3.63) is 46.0 Å². The zero-order chi connectivity index (χ0) is 15.8. The van der Waals surface area contributed by atoms with Gasteiger partial charge in [0, 0.05) is 24.8 Å². The number of hydrogen-bond donors (Lipinski definition) is 2. The molecule has 0 aliphatic carbocycles. The van der Waals surface area contributed by atoms with E-state index >= 15 is 0 Å². The molecule has 0 radical (unpaired) electrons. The number of benzene rings is 1. The number of non-ortho nitro benzene ring substituents is 1. The summed E-state index contributed by atoms with van der Waals surface area (Å²) in [4.78, 5) is 32.3. The van der Waals surface area contributed by atoms with Gasteiger partial charge in [0.2, 0.25) is 5.91 Å². The fourth-order valence-corrected chi connectivity index (χ4v) is 1.57. The summed E-state index contributed by atoms with van der Waals surface area (Å²) in [5, 5.41) is 21.8. The van der Waals surface area contributed by atoms with Gasteiger partial charge in [0.1, 0.15) is 0 Å². The van der Waals surface area contributed by atoms with Gasteiger partial charge in [-0.1, -0.05) is 6.92 Å². The minimum Gasteiger partial charge on any atom is -0.481 e. The lowest BCUT2D eigenvalue weighted by molar-refractivity contribution is -0.384. The molecule has 0 spiro atoms. The van der Waals surface area contributed by atoms with Crippen LogP contribution in [0.15, 0.2) is 30.3 Å². The van der Waals surface area contributed by atoms with Crippen molar-refractivity contribution in [2.75, 3.05) is 6.54 Å². The first-order chi connectivity index (χ1) is 9.93. The van der Waals surface area contributed by atoms with Crippen LogP contribution in [0.3, 0.4) is 0 Å². The molecule has 1 atom stereocenters. The van der Waals surface area contributed by atoms with Gasteiger partial charge in [0.15, 0.2) is 0 Å². The summed E-state index contributed by atoms with van der Waals surface area (Å²) in [5.41, 5.74) is 0.616. The van der Waals surface area contributed by atoms with Crippen molar-refractivity contribution >= 4 is 23.6 Å². The number of amides is 1. The van der Waals surface area contributed by atoms with E-state index in [4.69, 9.17) is 5.11 Å². The maximum Gasteiger partial charge on any atom is 0.308 e. The Kier molecular flexibility index (Phi) is 6.06. The Balaban J connectivity index is 2.54. The summed E-state index contributed by atoms with van der Waals surface area (Å²) in [6.07, 6.45) is 3.19. The van der Waals surface area contributed by atoms with Crippen LogP contribution in [0.25, 0.3) is 6.08 Å². The summed E-state index contributed by atoms with van der Waals surface area (Å²) in [5.74, 6) is -1.97. The molecule has 7 heteroatoms. The molecule has 1 rings (SSSR count). The third-order valence-electron chi connectivity index (χ3n) is 2.90. The molecule has 0 aliphatic rings. The molecular weight excluding hydrogens is 276 g/mol. The number of hydrogen-bond acceptors (Lipinski definition) is 4. The van der Waals surface area contributed by atoms with Crippen molar-refractivity contribution < 1.29 is 19.6 Å². The predicted octanol–water partition coefficient (Wildman–Crippen LogP) is 1.83.